The van der Waals surface area contributed by atoms with Crippen molar-refractivity contribution in [2.45, 2.75) is 13.3 Å². The van der Waals surface area contributed by atoms with Crippen LogP contribution in [-0.2, 0) is 9.53 Å². The number of rotatable bonds is 7. The lowest BCUT2D eigenvalue weighted by Crippen LogP contribution is -3.14. The number of ether oxygens (including phenoxy) is 2. The van der Waals surface area contributed by atoms with E-state index in [1.54, 1.807) is 23.8 Å². The topological polar surface area (TPSA) is 56.1 Å². The van der Waals surface area contributed by atoms with Crippen LogP contribution in [0.3, 0.4) is 0 Å². The Morgan fingerprint density at radius 2 is 2.04 bits per heavy atom. The number of thiazole rings is 1. The van der Waals surface area contributed by atoms with Crippen LogP contribution in [-0.4, -0.2) is 57.4 Å². The Hall–Kier alpha value is -1.96. The summed E-state index contributed by atoms with van der Waals surface area (Å²) in [5.74, 6) is 0.859. The number of nitrogens with one attached hydrogen (secondary N) is 1. The van der Waals surface area contributed by atoms with E-state index in [1.165, 1.54) is 11.3 Å². The number of morpholine rings is 1. The molecule has 6 nitrogen and oxygen atoms in total. The van der Waals surface area contributed by atoms with Gasteiger partial charge >= 0.3 is 0 Å². The van der Waals surface area contributed by atoms with Gasteiger partial charge in [0.2, 0.25) is 5.91 Å². The van der Waals surface area contributed by atoms with Gasteiger partial charge < -0.3 is 14.4 Å². The van der Waals surface area contributed by atoms with E-state index in [1.807, 2.05) is 29.6 Å². The normalized spacial score (nSPS) is 15.0. The highest BCUT2D eigenvalue weighted by Gasteiger charge is 2.18. The van der Waals surface area contributed by atoms with Crippen molar-refractivity contribution in [2.75, 3.05) is 51.4 Å². The number of methoxy groups -OCH3 is 1. The van der Waals surface area contributed by atoms with Gasteiger partial charge in [0, 0.05) is 30.8 Å². The van der Waals surface area contributed by atoms with Crippen molar-refractivity contribution in [3.8, 4) is 17.0 Å². The molecule has 1 aromatic carbocycles. The first-order valence-electron chi connectivity index (χ1n) is 8.97. The van der Waals surface area contributed by atoms with Crippen LogP contribution in [0.5, 0.6) is 5.75 Å². The van der Waals surface area contributed by atoms with Gasteiger partial charge in [0.15, 0.2) is 5.13 Å². The predicted octanol–water partition coefficient (Wildman–Crippen LogP) is 1.48. The maximum Gasteiger partial charge on any atom is 0.225 e. The lowest BCUT2D eigenvalue weighted by Gasteiger charge is -2.25. The first-order chi connectivity index (χ1) is 12.7. The molecule has 0 unspecified atom stereocenters. The Labute approximate surface area is 158 Å². The summed E-state index contributed by atoms with van der Waals surface area (Å²) in [5.41, 5.74) is 1.91. The van der Waals surface area contributed by atoms with Gasteiger partial charge in [0.1, 0.15) is 18.8 Å². The maximum absolute atomic E-state index is 12.1. The van der Waals surface area contributed by atoms with Crippen molar-refractivity contribution in [1.29, 1.82) is 0 Å². The van der Waals surface area contributed by atoms with Crippen LogP contribution in [0.4, 0.5) is 5.13 Å². The van der Waals surface area contributed by atoms with Crippen molar-refractivity contribution in [1.82, 2.24) is 4.98 Å². The molecule has 1 aromatic heterocycles. The molecular formula is C19H26N3O3S+. The summed E-state index contributed by atoms with van der Waals surface area (Å²) in [6, 6.07) is 7.81. The average molecular weight is 377 g/mol. The fourth-order valence-corrected chi connectivity index (χ4v) is 3.97. The molecule has 0 atom stereocenters. The fraction of sp³-hybridized carbons (Fsp3) is 0.474. The van der Waals surface area contributed by atoms with Crippen molar-refractivity contribution < 1.29 is 19.2 Å². The van der Waals surface area contributed by atoms with Crippen molar-refractivity contribution in [3.05, 3.63) is 29.6 Å². The molecule has 0 bridgehead atoms. The van der Waals surface area contributed by atoms with Gasteiger partial charge in [-0.1, -0.05) is 0 Å². The third-order valence-electron chi connectivity index (χ3n) is 4.60. The fourth-order valence-electron chi connectivity index (χ4n) is 3.07. The van der Waals surface area contributed by atoms with E-state index in [0.717, 1.165) is 61.4 Å². The molecule has 1 aliphatic heterocycles. The predicted molar refractivity (Wildman–Crippen MR) is 103 cm³/mol. The molecule has 3 rings (SSSR count). The Bertz CT molecular complexity index is 711. The number of benzene rings is 1. The third kappa shape index (κ3) is 4.81. The minimum Gasteiger partial charge on any atom is -0.497 e. The summed E-state index contributed by atoms with van der Waals surface area (Å²) in [4.78, 5) is 20.1. The van der Waals surface area contributed by atoms with Crippen LogP contribution in [0.15, 0.2) is 29.6 Å². The number of carbonyl (C=O) groups is 1. The lowest BCUT2D eigenvalue weighted by molar-refractivity contribution is -0.908. The van der Waals surface area contributed by atoms with Gasteiger partial charge in [-0.15, -0.1) is 11.3 Å². The van der Waals surface area contributed by atoms with E-state index < -0.39 is 0 Å². The second kappa shape index (κ2) is 9.12. The largest absolute Gasteiger partial charge is 0.497 e. The number of aromatic nitrogens is 1. The number of anilines is 1. The summed E-state index contributed by atoms with van der Waals surface area (Å²) in [6.07, 6.45) is 0.965. The van der Waals surface area contributed by atoms with E-state index in [4.69, 9.17) is 9.47 Å². The molecule has 26 heavy (non-hydrogen) atoms. The van der Waals surface area contributed by atoms with Gasteiger partial charge in [-0.05, 0) is 24.3 Å². The molecule has 1 fully saturated rings. The first-order valence-corrected chi connectivity index (χ1v) is 9.84. The smallest absolute Gasteiger partial charge is 0.225 e. The third-order valence-corrected chi connectivity index (χ3v) is 5.46. The zero-order chi connectivity index (χ0) is 18.4. The van der Waals surface area contributed by atoms with E-state index in [2.05, 4.69) is 4.98 Å². The SMILES string of the molecule is COc1ccc(-c2csc(N(CCC[NH+]3CCOCC3)C(C)=O)n2)cc1. The second-order valence-electron chi connectivity index (χ2n) is 6.38. The van der Waals surface area contributed by atoms with Gasteiger partial charge in [0.05, 0.1) is 32.6 Å². The lowest BCUT2D eigenvalue weighted by atomic mass is 10.2. The number of nitrogens with zero attached hydrogens (tertiary/aromatic N) is 2. The summed E-state index contributed by atoms with van der Waals surface area (Å²) < 4.78 is 10.6. The standard InChI is InChI=1S/C19H25N3O3S/c1-15(23)22(9-3-8-21-10-12-25-13-11-21)19-20-18(14-26-19)16-4-6-17(24-2)7-5-16/h4-7,14H,3,8-13H2,1-2H3/p+1. The first kappa shape index (κ1) is 18.8. The highest BCUT2D eigenvalue weighted by molar-refractivity contribution is 7.14. The molecule has 7 heteroatoms. The van der Waals surface area contributed by atoms with E-state index in [9.17, 15) is 4.79 Å². The Morgan fingerprint density at radius 1 is 1.31 bits per heavy atom. The molecule has 2 heterocycles. The Morgan fingerprint density at radius 3 is 2.69 bits per heavy atom. The summed E-state index contributed by atoms with van der Waals surface area (Å²) in [5, 5.41) is 2.76. The van der Waals surface area contributed by atoms with E-state index >= 15 is 0 Å². The van der Waals surface area contributed by atoms with Crippen molar-refractivity contribution in [2.24, 2.45) is 0 Å². The molecule has 0 saturated carbocycles. The van der Waals surface area contributed by atoms with Crippen LogP contribution in [0, 0.1) is 0 Å². The summed E-state index contributed by atoms with van der Waals surface area (Å²) in [7, 11) is 1.65. The van der Waals surface area contributed by atoms with E-state index in [-0.39, 0.29) is 5.91 Å². The van der Waals surface area contributed by atoms with Crippen LogP contribution >= 0.6 is 11.3 Å². The quantitative estimate of drug-likeness (QED) is 0.795. The molecule has 1 N–H and O–H groups in total. The minimum atomic E-state index is 0.0395. The molecular weight excluding hydrogens is 350 g/mol. The number of quaternary nitrogens is 1. The summed E-state index contributed by atoms with van der Waals surface area (Å²) in [6.45, 7) is 7.15. The van der Waals surface area contributed by atoms with Gasteiger partial charge in [-0.25, -0.2) is 4.98 Å². The van der Waals surface area contributed by atoms with Crippen LogP contribution < -0.4 is 14.5 Å². The molecule has 140 valence electrons. The Balaban J connectivity index is 1.62. The molecule has 0 aliphatic carbocycles. The molecule has 1 amide bonds. The minimum absolute atomic E-state index is 0.0395. The van der Waals surface area contributed by atoms with Crippen LogP contribution in [0.25, 0.3) is 11.3 Å². The Kier molecular flexibility index (Phi) is 6.60. The second-order valence-corrected chi connectivity index (χ2v) is 7.22. The van der Waals surface area contributed by atoms with Crippen molar-refractivity contribution >= 4 is 22.4 Å². The monoisotopic (exact) mass is 376 g/mol. The summed E-state index contributed by atoms with van der Waals surface area (Å²) >= 11 is 1.51. The van der Waals surface area contributed by atoms with Gasteiger partial charge in [-0.2, -0.15) is 0 Å². The number of hydrogen-bond donors (Lipinski definition) is 1. The number of amides is 1. The average Bonchev–Trinajstić information content (AvgIpc) is 3.15. The molecule has 0 spiro atoms. The zero-order valence-corrected chi connectivity index (χ0v) is 16.2. The van der Waals surface area contributed by atoms with Crippen LogP contribution in [0.2, 0.25) is 0 Å². The maximum atomic E-state index is 12.1. The van der Waals surface area contributed by atoms with Gasteiger partial charge in [0.25, 0.3) is 0 Å². The van der Waals surface area contributed by atoms with Gasteiger partial charge in [-0.3, -0.25) is 9.69 Å². The van der Waals surface area contributed by atoms with E-state index in [0.29, 0.717) is 6.54 Å². The molecule has 1 aliphatic rings. The number of hydrogen-bond acceptors (Lipinski definition) is 5. The highest BCUT2D eigenvalue weighted by atomic mass is 32.1. The molecule has 0 radical (unpaired) electrons. The highest BCUT2D eigenvalue weighted by Crippen LogP contribution is 2.28. The zero-order valence-electron chi connectivity index (χ0n) is 15.4. The van der Waals surface area contributed by atoms with Crippen LogP contribution in [0.1, 0.15) is 13.3 Å². The van der Waals surface area contributed by atoms with Crippen molar-refractivity contribution in [3.63, 3.8) is 0 Å². The molecule has 1 saturated heterocycles. The number of carbonyl (C=O) groups excluding carboxylic acids is 1. The molecule has 2 aromatic rings.